The Kier molecular flexibility index (Phi) is 5.32. The van der Waals surface area contributed by atoms with Crippen LogP contribution in [0.4, 0.5) is 0 Å². The number of aryl methyl sites for hydroxylation is 1. The summed E-state index contributed by atoms with van der Waals surface area (Å²) in [6, 6.07) is 14.1. The van der Waals surface area contributed by atoms with Crippen molar-refractivity contribution in [3.05, 3.63) is 70.3 Å². The molecular weight excluding hydrogens is 390 g/mol. The Morgan fingerprint density at radius 1 is 1.00 bits per heavy atom. The van der Waals surface area contributed by atoms with Gasteiger partial charge >= 0.3 is 0 Å². The van der Waals surface area contributed by atoms with Gasteiger partial charge in [-0.1, -0.05) is 36.4 Å². The number of rotatable bonds is 5. The van der Waals surface area contributed by atoms with Crippen LogP contribution in [0.5, 0.6) is 0 Å². The Hall–Kier alpha value is -2.99. The number of fused-ring (bicyclic) bond motifs is 2. The number of carbonyl (C=O) groups is 3. The van der Waals surface area contributed by atoms with E-state index in [-0.39, 0.29) is 24.1 Å². The van der Waals surface area contributed by atoms with Crippen molar-refractivity contribution >= 4 is 17.7 Å². The maximum atomic E-state index is 12.8. The van der Waals surface area contributed by atoms with Crippen molar-refractivity contribution in [3.8, 4) is 0 Å². The summed E-state index contributed by atoms with van der Waals surface area (Å²) in [6.45, 7) is 2.11. The molecule has 2 unspecified atom stereocenters. The van der Waals surface area contributed by atoms with Crippen LogP contribution in [0.25, 0.3) is 0 Å². The Morgan fingerprint density at radius 2 is 1.87 bits per heavy atom. The minimum absolute atomic E-state index is 0.122. The summed E-state index contributed by atoms with van der Waals surface area (Å²) in [5.74, 6) is -0.210. The van der Waals surface area contributed by atoms with Gasteiger partial charge in [0.05, 0.1) is 0 Å². The fraction of sp³-hybridized carbons (Fsp3) is 0.400. The fourth-order valence-corrected chi connectivity index (χ4v) is 5.20. The maximum absolute atomic E-state index is 12.8. The lowest BCUT2D eigenvalue weighted by atomic mass is 9.83. The van der Waals surface area contributed by atoms with Crippen LogP contribution in [-0.2, 0) is 29.1 Å². The number of imide groups is 1. The molecule has 0 saturated carbocycles. The van der Waals surface area contributed by atoms with E-state index in [1.807, 2.05) is 12.1 Å². The Balaban J connectivity index is 1.22. The van der Waals surface area contributed by atoms with Crippen LogP contribution in [0.1, 0.15) is 64.2 Å². The van der Waals surface area contributed by atoms with Crippen molar-refractivity contribution in [2.24, 2.45) is 0 Å². The quantitative estimate of drug-likeness (QED) is 0.734. The molecule has 0 radical (unpaired) electrons. The highest BCUT2D eigenvalue weighted by atomic mass is 16.2. The predicted molar refractivity (Wildman–Crippen MR) is 116 cm³/mol. The van der Waals surface area contributed by atoms with Gasteiger partial charge in [-0.05, 0) is 59.9 Å². The first-order valence-corrected chi connectivity index (χ1v) is 11.1. The minimum atomic E-state index is -0.564. The van der Waals surface area contributed by atoms with Crippen LogP contribution in [-0.4, -0.2) is 35.2 Å². The van der Waals surface area contributed by atoms with Gasteiger partial charge in [-0.3, -0.25) is 19.7 Å². The molecule has 6 nitrogen and oxygen atoms in total. The summed E-state index contributed by atoms with van der Waals surface area (Å²) in [4.78, 5) is 38.0. The smallest absolute Gasteiger partial charge is 0.255 e. The molecule has 3 amide bonds. The lowest BCUT2D eigenvalue weighted by Crippen LogP contribution is -2.52. The molecule has 2 aliphatic heterocycles. The molecule has 2 heterocycles. The third kappa shape index (κ3) is 3.88. The number of benzene rings is 2. The molecule has 31 heavy (non-hydrogen) atoms. The fourth-order valence-electron chi connectivity index (χ4n) is 5.20. The van der Waals surface area contributed by atoms with Crippen LogP contribution in [0, 0.1) is 0 Å². The number of hydrogen-bond donors (Lipinski definition) is 2. The van der Waals surface area contributed by atoms with Crippen molar-refractivity contribution in [1.82, 2.24) is 15.5 Å². The molecule has 5 rings (SSSR count). The second kappa shape index (κ2) is 8.27. The van der Waals surface area contributed by atoms with Gasteiger partial charge in [0.25, 0.3) is 5.91 Å². The van der Waals surface area contributed by atoms with Gasteiger partial charge in [-0.15, -0.1) is 0 Å². The predicted octanol–water partition coefficient (Wildman–Crippen LogP) is 2.66. The summed E-state index contributed by atoms with van der Waals surface area (Å²) < 4.78 is 0. The summed E-state index contributed by atoms with van der Waals surface area (Å²) in [7, 11) is 0. The highest BCUT2D eigenvalue weighted by Crippen LogP contribution is 2.31. The Morgan fingerprint density at radius 3 is 2.74 bits per heavy atom. The molecule has 2 N–H and O–H groups in total. The molecule has 0 aromatic heterocycles. The number of amides is 3. The zero-order valence-electron chi connectivity index (χ0n) is 17.5. The van der Waals surface area contributed by atoms with Crippen molar-refractivity contribution in [1.29, 1.82) is 0 Å². The van der Waals surface area contributed by atoms with Crippen LogP contribution in [0.15, 0.2) is 42.5 Å². The van der Waals surface area contributed by atoms with Crippen molar-refractivity contribution in [2.75, 3.05) is 6.54 Å². The molecule has 0 spiro atoms. The zero-order chi connectivity index (χ0) is 21.4. The van der Waals surface area contributed by atoms with E-state index in [1.54, 1.807) is 4.90 Å². The van der Waals surface area contributed by atoms with E-state index in [0.717, 1.165) is 24.2 Å². The molecule has 1 saturated heterocycles. The second-order valence-corrected chi connectivity index (χ2v) is 8.81. The van der Waals surface area contributed by atoms with Gasteiger partial charge in [-0.2, -0.15) is 0 Å². The van der Waals surface area contributed by atoms with E-state index in [0.29, 0.717) is 24.4 Å². The number of carbonyl (C=O) groups excluding carboxylic acids is 3. The standard InChI is InChI=1S/C25H27N3O3/c29-23-11-10-22(24(30)27-23)28-15-19-12-16(8-9-21(19)25(28)31)13-26-14-18-6-3-5-17-4-1-2-7-20(17)18/h1-2,4,7-9,12,18,22,26H,3,5-6,10-11,13-15H2,(H,27,29,30). The topological polar surface area (TPSA) is 78.5 Å². The molecular formula is C25H27N3O3. The van der Waals surface area contributed by atoms with Crippen LogP contribution < -0.4 is 10.6 Å². The summed E-state index contributed by atoms with van der Waals surface area (Å²) >= 11 is 0. The van der Waals surface area contributed by atoms with E-state index in [1.165, 1.54) is 30.4 Å². The summed E-state index contributed by atoms with van der Waals surface area (Å²) in [5, 5.41) is 5.95. The van der Waals surface area contributed by atoms with E-state index >= 15 is 0 Å². The molecule has 1 aliphatic carbocycles. The van der Waals surface area contributed by atoms with E-state index in [2.05, 4.69) is 41.0 Å². The van der Waals surface area contributed by atoms with Crippen LogP contribution in [0.2, 0.25) is 0 Å². The summed E-state index contributed by atoms with van der Waals surface area (Å²) in [5.41, 5.74) is 5.71. The number of nitrogens with one attached hydrogen (secondary N) is 2. The third-order valence-corrected chi connectivity index (χ3v) is 6.80. The van der Waals surface area contributed by atoms with Gasteiger partial charge in [0.2, 0.25) is 11.8 Å². The zero-order valence-corrected chi connectivity index (χ0v) is 17.5. The average Bonchev–Trinajstić information content (AvgIpc) is 3.09. The monoisotopic (exact) mass is 417 g/mol. The first-order valence-electron chi connectivity index (χ1n) is 11.1. The molecule has 2 aromatic carbocycles. The maximum Gasteiger partial charge on any atom is 0.255 e. The summed E-state index contributed by atoms with van der Waals surface area (Å²) in [6.07, 6.45) is 4.29. The van der Waals surface area contributed by atoms with Gasteiger partial charge in [0.1, 0.15) is 6.04 Å². The van der Waals surface area contributed by atoms with Crippen molar-refractivity contribution in [2.45, 2.75) is 57.2 Å². The largest absolute Gasteiger partial charge is 0.322 e. The van der Waals surface area contributed by atoms with E-state index in [9.17, 15) is 14.4 Å². The average molecular weight is 418 g/mol. The minimum Gasteiger partial charge on any atom is -0.322 e. The molecule has 3 aliphatic rings. The first kappa shape index (κ1) is 19.9. The van der Waals surface area contributed by atoms with Crippen molar-refractivity contribution < 1.29 is 14.4 Å². The van der Waals surface area contributed by atoms with Crippen molar-refractivity contribution in [3.63, 3.8) is 0 Å². The van der Waals surface area contributed by atoms with E-state index in [4.69, 9.17) is 0 Å². The molecule has 2 aromatic rings. The normalized spacial score (nSPS) is 22.8. The van der Waals surface area contributed by atoms with Gasteiger partial charge in [-0.25, -0.2) is 0 Å². The number of nitrogens with zero attached hydrogens (tertiary/aromatic N) is 1. The molecule has 0 bridgehead atoms. The SMILES string of the molecule is O=C1CCC(N2Cc3cc(CNCC4CCCc5ccccc54)ccc3C2=O)C(=O)N1. The second-order valence-electron chi connectivity index (χ2n) is 8.81. The van der Waals surface area contributed by atoms with Gasteiger partial charge < -0.3 is 10.2 Å². The molecule has 2 atom stereocenters. The highest BCUT2D eigenvalue weighted by molar-refractivity contribution is 6.05. The number of piperidine rings is 1. The lowest BCUT2D eigenvalue weighted by Gasteiger charge is -2.29. The molecule has 160 valence electrons. The molecule has 6 heteroatoms. The Labute approximate surface area is 182 Å². The highest BCUT2D eigenvalue weighted by Gasteiger charge is 2.39. The van der Waals surface area contributed by atoms with Gasteiger partial charge in [0.15, 0.2) is 0 Å². The Bertz CT molecular complexity index is 1050. The first-order chi connectivity index (χ1) is 15.1. The van der Waals surface area contributed by atoms with Crippen LogP contribution in [0.3, 0.4) is 0 Å². The lowest BCUT2D eigenvalue weighted by molar-refractivity contribution is -0.136. The van der Waals surface area contributed by atoms with E-state index < -0.39 is 6.04 Å². The number of hydrogen-bond acceptors (Lipinski definition) is 4. The molecule has 1 fully saturated rings. The van der Waals surface area contributed by atoms with Crippen LogP contribution >= 0.6 is 0 Å². The van der Waals surface area contributed by atoms with Gasteiger partial charge in [0, 0.05) is 31.6 Å². The third-order valence-electron chi connectivity index (χ3n) is 6.80.